The fourth-order valence-corrected chi connectivity index (χ4v) is 4.34. The average Bonchev–Trinajstić information content (AvgIpc) is 2.72. The van der Waals surface area contributed by atoms with E-state index >= 15 is 0 Å². The Morgan fingerprint density at radius 2 is 1.75 bits per heavy atom. The van der Waals surface area contributed by atoms with Gasteiger partial charge in [-0.2, -0.15) is 0 Å². The van der Waals surface area contributed by atoms with Gasteiger partial charge in [-0.25, -0.2) is 0 Å². The number of Topliss-reactive ketones (excluding diaryl/α,β-unsaturated/α-hetero) is 1. The van der Waals surface area contributed by atoms with Crippen LogP contribution in [0.4, 0.5) is 0 Å². The molecule has 2 aromatic carbocycles. The van der Waals surface area contributed by atoms with Crippen LogP contribution in [0.1, 0.15) is 61.5 Å². The van der Waals surface area contributed by atoms with Gasteiger partial charge < -0.3 is 4.74 Å². The Kier molecular flexibility index (Phi) is 9.11. The molecule has 0 aliphatic rings. The largest absolute Gasteiger partial charge is 0.494 e. The Hall–Kier alpha value is -1.74. The minimum Gasteiger partial charge on any atom is -0.494 e. The summed E-state index contributed by atoms with van der Waals surface area (Å²) in [4.78, 5) is 14.3. The van der Waals surface area contributed by atoms with E-state index in [2.05, 4.69) is 45.2 Å². The highest BCUT2D eigenvalue weighted by Crippen LogP contribution is 2.29. The number of hydrogen-bond donors (Lipinski definition) is 0. The summed E-state index contributed by atoms with van der Waals surface area (Å²) in [6.07, 6.45) is 6.02. The molecular weight excluding hydrogens is 364 g/mol. The highest BCUT2D eigenvalue weighted by molar-refractivity contribution is 7.98. The van der Waals surface area contributed by atoms with Crippen LogP contribution in [0.15, 0.2) is 47.4 Å². The number of carbonyl (C=O) groups is 1. The van der Waals surface area contributed by atoms with Gasteiger partial charge in [0.25, 0.3) is 0 Å². The second-order valence-corrected chi connectivity index (χ2v) is 8.23. The zero-order chi connectivity index (χ0) is 20.5. The molecule has 0 radical (unpaired) electrons. The first-order chi connectivity index (χ1) is 13.5. The molecule has 0 spiro atoms. The van der Waals surface area contributed by atoms with Gasteiger partial charge in [-0.1, -0.05) is 44.5 Å². The maximum absolute atomic E-state index is 13.1. The summed E-state index contributed by atoms with van der Waals surface area (Å²) in [6, 6.07) is 14.5. The minimum absolute atomic E-state index is 0.0916. The summed E-state index contributed by atoms with van der Waals surface area (Å²) < 4.78 is 5.64. The SMILES string of the molecule is CCOc1ccc(CC[C@@H](CC)C(CC)C(=O)c2ccc(SC)cc2)cc1C. The van der Waals surface area contributed by atoms with E-state index in [1.54, 1.807) is 11.8 Å². The van der Waals surface area contributed by atoms with Crippen LogP contribution in [-0.2, 0) is 6.42 Å². The van der Waals surface area contributed by atoms with E-state index in [1.165, 1.54) is 16.0 Å². The van der Waals surface area contributed by atoms with Crippen LogP contribution in [0.25, 0.3) is 0 Å². The van der Waals surface area contributed by atoms with E-state index in [9.17, 15) is 4.79 Å². The summed E-state index contributed by atoms with van der Waals surface area (Å²) >= 11 is 1.70. The highest BCUT2D eigenvalue weighted by atomic mass is 32.2. The lowest BCUT2D eigenvalue weighted by molar-refractivity contribution is 0.0857. The van der Waals surface area contributed by atoms with Crippen molar-refractivity contribution >= 4 is 17.5 Å². The van der Waals surface area contributed by atoms with Crippen LogP contribution in [-0.4, -0.2) is 18.6 Å². The van der Waals surface area contributed by atoms with Gasteiger partial charge in [0, 0.05) is 16.4 Å². The molecular formula is C25H34O2S. The Balaban J connectivity index is 2.06. The second kappa shape index (κ2) is 11.3. The maximum atomic E-state index is 13.1. The lowest BCUT2D eigenvalue weighted by atomic mass is 9.79. The van der Waals surface area contributed by atoms with Crippen molar-refractivity contribution in [1.29, 1.82) is 0 Å². The summed E-state index contributed by atoms with van der Waals surface area (Å²) in [7, 11) is 0. The molecule has 0 N–H and O–H groups in total. The molecule has 0 fully saturated rings. The minimum atomic E-state index is 0.0916. The van der Waals surface area contributed by atoms with E-state index in [0.29, 0.717) is 18.3 Å². The maximum Gasteiger partial charge on any atom is 0.166 e. The molecule has 0 saturated carbocycles. The summed E-state index contributed by atoms with van der Waals surface area (Å²) in [5.74, 6) is 1.76. The van der Waals surface area contributed by atoms with E-state index in [-0.39, 0.29) is 5.92 Å². The van der Waals surface area contributed by atoms with Crippen LogP contribution < -0.4 is 4.74 Å². The molecule has 2 aromatic rings. The van der Waals surface area contributed by atoms with Crippen molar-refractivity contribution in [3.8, 4) is 5.75 Å². The molecule has 152 valence electrons. The van der Waals surface area contributed by atoms with Crippen LogP contribution in [0, 0.1) is 18.8 Å². The number of ketones is 1. The van der Waals surface area contributed by atoms with Gasteiger partial charge in [0.15, 0.2) is 5.78 Å². The Bertz CT molecular complexity index is 752. The lowest BCUT2D eigenvalue weighted by Gasteiger charge is -2.24. The van der Waals surface area contributed by atoms with Crippen molar-refractivity contribution in [3.63, 3.8) is 0 Å². The molecule has 2 atom stereocenters. The van der Waals surface area contributed by atoms with E-state index in [0.717, 1.165) is 37.0 Å². The predicted molar refractivity (Wildman–Crippen MR) is 121 cm³/mol. The lowest BCUT2D eigenvalue weighted by Crippen LogP contribution is -2.24. The molecule has 1 unspecified atom stereocenters. The van der Waals surface area contributed by atoms with Gasteiger partial charge in [-0.3, -0.25) is 4.79 Å². The molecule has 2 nitrogen and oxygen atoms in total. The van der Waals surface area contributed by atoms with Crippen molar-refractivity contribution in [3.05, 3.63) is 59.2 Å². The predicted octanol–water partition coefficient (Wildman–Crippen LogP) is 6.98. The third-order valence-electron chi connectivity index (χ3n) is 5.59. The van der Waals surface area contributed by atoms with Crippen LogP contribution >= 0.6 is 11.8 Å². The van der Waals surface area contributed by atoms with Gasteiger partial charge in [-0.05, 0) is 74.6 Å². The fraction of sp³-hybridized carbons (Fsp3) is 0.480. The van der Waals surface area contributed by atoms with Crippen LogP contribution in [0.3, 0.4) is 0 Å². The number of rotatable bonds is 11. The molecule has 0 saturated heterocycles. The first kappa shape index (κ1) is 22.5. The van der Waals surface area contributed by atoms with Gasteiger partial charge in [-0.15, -0.1) is 11.8 Å². The zero-order valence-corrected chi connectivity index (χ0v) is 18.8. The Morgan fingerprint density at radius 1 is 1.04 bits per heavy atom. The number of carbonyl (C=O) groups excluding carboxylic acids is 1. The molecule has 3 heteroatoms. The van der Waals surface area contributed by atoms with Gasteiger partial charge in [0.05, 0.1) is 6.61 Å². The molecule has 2 rings (SSSR count). The molecule has 0 amide bonds. The van der Waals surface area contributed by atoms with Gasteiger partial charge in [0.2, 0.25) is 0 Å². The van der Waals surface area contributed by atoms with Crippen molar-refractivity contribution in [2.24, 2.45) is 11.8 Å². The number of aryl methyl sites for hydroxylation is 2. The third kappa shape index (κ3) is 5.88. The normalized spacial score (nSPS) is 13.2. The quantitative estimate of drug-likeness (QED) is 0.301. The van der Waals surface area contributed by atoms with Crippen molar-refractivity contribution in [2.45, 2.75) is 58.3 Å². The van der Waals surface area contributed by atoms with E-state index in [1.807, 2.05) is 31.2 Å². The Morgan fingerprint density at radius 3 is 2.29 bits per heavy atom. The second-order valence-electron chi connectivity index (χ2n) is 7.35. The number of ether oxygens (including phenoxy) is 1. The molecule has 28 heavy (non-hydrogen) atoms. The van der Waals surface area contributed by atoms with Crippen LogP contribution in [0.5, 0.6) is 5.75 Å². The monoisotopic (exact) mass is 398 g/mol. The average molecular weight is 399 g/mol. The van der Waals surface area contributed by atoms with Gasteiger partial charge >= 0.3 is 0 Å². The van der Waals surface area contributed by atoms with Gasteiger partial charge in [0.1, 0.15) is 5.75 Å². The summed E-state index contributed by atoms with van der Waals surface area (Å²) in [5, 5.41) is 0. The molecule has 0 aliphatic carbocycles. The summed E-state index contributed by atoms with van der Waals surface area (Å²) in [6.45, 7) is 9.15. The number of benzene rings is 2. The highest BCUT2D eigenvalue weighted by Gasteiger charge is 2.26. The topological polar surface area (TPSA) is 26.3 Å². The van der Waals surface area contributed by atoms with Crippen molar-refractivity contribution < 1.29 is 9.53 Å². The van der Waals surface area contributed by atoms with Crippen molar-refractivity contribution in [1.82, 2.24) is 0 Å². The first-order valence-corrected chi connectivity index (χ1v) is 11.7. The standard InChI is InChI=1S/C25H34O2S/c1-6-20(11-9-19-10-16-24(27-8-3)18(4)17-19)23(7-2)25(26)21-12-14-22(28-5)15-13-21/h10,12-17,20,23H,6-9,11H2,1-5H3/t20-,23?/m1/s1. The van der Waals surface area contributed by atoms with E-state index < -0.39 is 0 Å². The first-order valence-electron chi connectivity index (χ1n) is 10.4. The van der Waals surface area contributed by atoms with Crippen LogP contribution in [0.2, 0.25) is 0 Å². The van der Waals surface area contributed by atoms with E-state index in [4.69, 9.17) is 4.74 Å². The van der Waals surface area contributed by atoms with Crippen molar-refractivity contribution in [2.75, 3.05) is 12.9 Å². The molecule has 0 aliphatic heterocycles. The third-order valence-corrected chi connectivity index (χ3v) is 6.33. The molecule has 0 aromatic heterocycles. The summed E-state index contributed by atoms with van der Waals surface area (Å²) in [5.41, 5.74) is 3.36. The fourth-order valence-electron chi connectivity index (χ4n) is 3.93. The smallest absolute Gasteiger partial charge is 0.166 e. The number of hydrogen-bond acceptors (Lipinski definition) is 3. The molecule has 0 heterocycles. The molecule has 0 bridgehead atoms. The zero-order valence-electron chi connectivity index (χ0n) is 18.0. The Labute approximate surface area is 175 Å². The number of thioether (sulfide) groups is 1.